The van der Waals surface area contributed by atoms with Crippen LogP contribution in [-0.2, 0) is 12.2 Å². The molecular weight excluding hydrogens is 346 g/mol. The number of rotatable bonds is 7. The van der Waals surface area contributed by atoms with E-state index in [0.29, 0.717) is 6.04 Å². The Labute approximate surface area is 158 Å². The van der Waals surface area contributed by atoms with Crippen molar-refractivity contribution in [1.82, 2.24) is 14.8 Å². The van der Waals surface area contributed by atoms with Crippen molar-refractivity contribution in [3.63, 3.8) is 0 Å². The maximum absolute atomic E-state index is 4.51. The van der Waals surface area contributed by atoms with Crippen LogP contribution in [0, 0.1) is 6.92 Å². The highest BCUT2D eigenvalue weighted by Gasteiger charge is 2.18. The van der Waals surface area contributed by atoms with Crippen molar-refractivity contribution in [3.05, 3.63) is 51.7 Å². The van der Waals surface area contributed by atoms with Crippen LogP contribution in [0.5, 0.6) is 0 Å². The van der Waals surface area contributed by atoms with Gasteiger partial charge in [0.05, 0.1) is 0 Å². The highest BCUT2D eigenvalue weighted by molar-refractivity contribution is 7.98. The minimum Gasteiger partial charge on any atom is -0.299 e. The molecule has 0 aliphatic rings. The van der Waals surface area contributed by atoms with Gasteiger partial charge in [-0.25, -0.2) is 0 Å². The van der Waals surface area contributed by atoms with Gasteiger partial charge in [-0.05, 0) is 38.8 Å². The van der Waals surface area contributed by atoms with E-state index in [4.69, 9.17) is 0 Å². The van der Waals surface area contributed by atoms with E-state index in [9.17, 15) is 0 Å². The zero-order chi connectivity index (χ0) is 17.8. The fourth-order valence-corrected chi connectivity index (χ4v) is 4.74. The van der Waals surface area contributed by atoms with E-state index in [2.05, 4.69) is 78.2 Å². The Morgan fingerprint density at radius 3 is 2.60 bits per heavy atom. The molecule has 0 spiro atoms. The second-order valence-corrected chi connectivity index (χ2v) is 8.53. The molecule has 0 atom stereocenters. The fourth-order valence-electron chi connectivity index (χ4n) is 2.75. The predicted molar refractivity (Wildman–Crippen MR) is 108 cm³/mol. The summed E-state index contributed by atoms with van der Waals surface area (Å²) < 4.78 is 2.26. The number of aromatic nitrogens is 3. The van der Waals surface area contributed by atoms with Gasteiger partial charge >= 0.3 is 0 Å². The first kappa shape index (κ1) is 18.2. The molecule has 1 aromatic carbocycles. The molecule has 3 rings (SSSR count). The molecule has 2 aromatic heterocycles. The molecule has 0 saturated heterocycles. The van der Waals surface area contributed by atoms with Crippen LogP contribution in [0.15, 0.2) is 40.9 Å². The third-order valence-corrected chi connectivity index (χ3v) is 6.09. The Morgan fingerprint density at radius 2 is 1.92 bits per heavy atom. The second kappa shape index (κ2) is 8.19. The van der Waals surface area contributed by atoms with E-state index in [0.717, 1.165) is 23.2 Å². The monoisotopic (exact) mass is 371 g/mol. The van der Waals surface area contributed by atoms with Crippen LogP contribution >= 0.6 is 23.1 Å². The Kier molecular flexibility index (Phi) is 5.97. The lowest BCUT2D eigenvalue weighted by molar-refractivity contribution is 0.555. The molecule has 132 valence electrons. The van der Waals surface area contributed by atoms with Gasteiger partial charge in [0.1, 0.15) is 0 Å². The molecule has 0 aliphatic heterocycles. The number of thioether (sulfide) groups is 1. The summed E-state index contributed by atoms with van der Waals surface area (Å²) in [5.74, 6) is 1.90. The average molecular weight is 372 g/mol. The predicted octanol–water partition coefficient (Wildman–Crippen LogP) is 6.14. The molecule has 0 radical (unpaired) electrons. The van der Waals surface area contributed by atoms with Crippen LogP contribution in [0.25, 0.3) is 11.4 Å². The molecule has 0 N–H and O–H groups in total. The largest absolute Gasteiger partial charge is 0.299 e. The molecule has 5 heteroatoms. The SMILES string of the molecule is CCCc1cc(-c2nnc(SCc3ccc(C)cc3)n2C(C)C)cs1. The standard InChI is InChI=1S/C20H25N3S2/c1-5-6-18-11-17(13-24-18)19-21-22-20(23(19)14(2)3)25-12-16-9-7-15(4)8-10-16/h7-11,13-14H,5-6,12H2,1-4H3. The van der Waals surface area contributed by atoms with Crippen molar-refractivity contribution >= 4 is 23.1 Å². The summed E-state index contributed by atoms with van der Waals surface area (Å²) in [5, 5.41) is 12.2. The molecule has 0 bridgehead atoms. The lowest BCUT2D eigenvalue weighted by atomic mass is 10.2. The molecule has 0 unspecified atom stereocenters. The number of benzene rings is 1. The molecule has 0 saturated carbocycles. The zero-order valence-electron chi connectivity index (χ0n) is 15.3. The number of hydrogen-bond acceptors (Lipinski definition) is 4. The van der Waals surface area contributed by atoms with Gasteiger partial charge in [-0.2, -0.15) is 0 Å². The van der Waals surface area contributed by atoms with Crippen LogP contribution in [0.2, 0.25) is 0 Å². The molecule has 2 heterocycles. The van der Waals surface area contributed by atoms with E-state index in [1.54, 1.807) is 11.8 Å². The maximum atomic E-state index is 4.51. The van der Waals surface area contributed by atoms with Gasteiger partial charge in [-0.15, -0.1) is 21.5 Å². The first-order valence-electron chi connectivity index (χ1n) is 8.79. The summed E-state index contributed by atoms with van der Waals surface area (Å²) in [6.45, 7) is 8.73. The molecular formula is C20H25N3S2. The first-order valence-corrected chi connectivity index (χ1v) is 10.7. The van der Waals surface area contributed by atoms with Crippen molar-refractivity contribution in [1.29, 1.82) is 0 Å². The third-order valence-electron chi connectivity index (χ3n) is 4.08. The van der Waals surface area contributed by atoms with Crippen LogP contribution < -0.4 is 0 Å². The fraction of sp³-hybridized carbons (Fsp3) is 0.400. The Hall–Kier alpha value is -1.59. The highest BCUT2D eigenvalue weighted by Crippen LogP contribution is 2.32. The highest BCUT2D eigenvalue weighted by atomic mass is 32.2. The summed E-state index contributed by atoms with van der Waals surface area (Å²) in [5.41, 5.74) is 3.80. The summed E-state index contributed by atoms with van der Waals surface area (Å²) in [6.07, 6.45) is 2.31. The molecule has 3 nitrogen and oxygen atoms in total. The topological polar surface area (TPSA) is 30.7 Å². The lowest BCUT2D eigenvalue weighted by Crippen LogP contribution is -2.04. The van der Waals surface area contributed by atoms with Crippen molar-refractivity contribution in [2.24, 2.45) is 0 Å². The third kappa shape index (κ3) is 4.33. The molecule has 0 aliphatic carbocycles. The van der Waals surface area contributed by atoms with Crippen LogP contribution in [0.4, 0.5) is 0 Å². The van der Waals surface area contributed by atoms with E-state index < -0.39 is 0 Å². The summed E-state index contributed by atoms with van der Waals surface area (Å²) in [7, 11) is 0. The Morgan fingerprint density at radius 1 is 1.16 bits per heavy atom. The van der Waals surface area contributed by atoms with Gasteiger partial charge in [-0.1, -0.05) is 54.9 Å². The normalized spacial score (nSPS) is 11.4. The van der Waals surface area contributed by atoms with Gasteiger partial charge in [0.2, 0.25) is 0 Å². The maximum Gasteiger partial charge on any atom is 0.192 e. The van der Waals surface area contributed by atoms with E-state index in [1.165, 1.54) is 28.0 Å². The minimum atomic E-state index is 0.333. The number of nitrogens with zero attached hydrogens (tertiary/aromatic N) is 3. The summed E-state index contributed by atoms with van der Waals surface area (Å²) in [6, 6.07) is 11.3. The van der Waals surface area contributed by atoms with Gasteiger partial charge in [0.25, 0.3) is 0 Å². The minimum absolute atomic E-state index is 0.333. The first-order chi connectivity index (χ1) is 12.1. The van der Waals surface area contributed by atoms with Crippen molar-refractivity contribution in [3.8, 4) is 11.4 Å². The van der Waals surface area contributed by atoms with Gasteiger partial charge in [-0.3, -0.25) is 4.57 Å². The smallest absolute Gasteiger partial charge is 0.192 e. The van der Waals surface area contributed by atoms with Crippen molar-refractivity contribution in [2.45, 2.75) is 57.5 Å². The molecule has 0 amide bonds. The van der Waals surface area contributed by atoms with Crippen molar-refractivity contribution in [2.75, 3.05) is 0 Å². The Balaban J connectivity index is 1.82. The quantitative estimate of drug-likeness (QED) is 0.467. The molecule has 25 heavy (non-hydrogen) atoms. The zero-order valence-corrected chi connectivity index (χ0v) is 17.0. The number of thiophene rings is 1. The second-order valence-electron chi connectivity index (χ2n) is 6.60. The van der Waals surface area contributed by atoms with Crippen molar-refractivity contribution < 1.29 is 0 Å². The van der Waals surface area contributed by atoms with Crippen LogP contribution in [0.3, 0.4) is 0 Å². The van der Waals surface area contributed by atoms with Gasteiger partial charge in [0.15, 0.2) is 11.0 Å². The summed E-state index contributed by atoms with van der Waals surface area (Å²) >= 11 is 3.58. The van der Waals surface area contributed by atoms with E-state index >= 15 is 0 Å². The average Bonchev–Trinajstić information content (AvgIpc) is 3.21. The van der Waals surface area contributed by atoms with Crippen LogP contribution in [0.1, 0.15) is 49.2 Å². The van der Waals surface area contributed by atoms with Gasteiger partial charge < -0.3 is 0 Å². The molecule has 3 aromatic rings. The lowest BCUT2D eigenvalue weighted by Gasteiger charge is -2.13. The number of aryl methyl sites for hydroxylation is 2. The van der Waals surface area contributed by atoms with Crippen LogP contribution in [-0.4, -0.2) is 14.8 Å². The molecule has 0 fully saturated rings. The summed E-state index contributed by atoms with van der Waals surface area (Å²) in [4.78, 5) is 1.42. The Bertz CT molecular complexity index is 816. The van der Waals surface area contributed by atoms with E-state index in [1.807, 2.05) is 11.3 Å². The van der Waals surface area contributed by atoms with E-state index in [-0.39, 0.29) is 0 Å². The van der Waals surface area contributed by atoms with Gasteiger partial charge in [0, 0.05) is 27.6 Å². The number of hydrogen-bond donors (Lipinski definition) is 0.